The molecule has 3 unspecified atom stereocenters. The second kappa shape index (κ2) is 6.29. The SMILES string of the molecule is Cc1ccc(C2CCCN2C(=O)NC2CCOC2C)cc1C. The minimum absolute atomic E-state index is 0.0584. The van der Waals surface area contributed by atoms with E-state index in [4.69, 9.17) is 4.74 Å². The highest BCUT2D eigenvalue weighted by Crippen LogP contribution is 2.33. The van der Waals surface area contributed by atoms with Crippen molar-refractivity contribution in [1.82, 2.24) is 10.2 Å². The summed E-state index contributed by atoms with van der Waals surface area (Å²) in [6.07, 6.45) is 3.15. The molecule has 3 atom stereocenters. The summed E-state index contributed by atoms with van der Waals surface area (Å²) in [6.45, 7) is 7.87. The molecule has 1 aromatic rings. The molecule has 0 aliphatic carbocycles. The van der Waals surface area contributed by atoms with Crippen molar-refractivity contribution in [2.45, 2.75) is 58.2 Å². The quantitative estimate of drug-likeness (QED) is 0.910. The van der Waals surface area contributed by atoms with Crippen LogP contribution >= 0.6 is 0 Å². The van der Waals surface area contributed by atoms with E-state index in [9.17, 15) is 4.79 Å². The molecule has 120 valence electrons. The number of hydrogen-bond donors (Lipinski definition) is 1. The minimum Gasteiger partial charge on any atom is -0.376 e. The fraction of sp³-hybridized carbons (Fsp3) is 0.611. The Morgan fingerprint density at radius 2 is 2.09 bits per heavy atom. The average Bonchev–Trinajstić information content (AvgIpc) is 3.12. The fourth-order valence-corrected chi connectivity index (χ4v) is 3.49. The summed E-state index contributed by atoms with van der Waals surface area (Å²) in [4.78, 5) is 14.6. The monoisotopic (exact) mass is 302 g/mol. The Kier molecular flexibility index (Phi) is 4.39. The number of hydrogen-bond acceptors (Lipinski definition) is 2. The first-order valence-corrected chi connectivity index (χ1v) is 8.32. The van der Waals surface area contributed by atoms with Gasteiger partial charge in [0.25, 0.3) is 0 Å². The van der Waals surface area contributed by atoms with Crippen LogP contribution in [0, 0.1) is 13.8 Å². The summed E-state index contributed by atoms with van der Waals surface area (Å²) >= 11 is 0. The highest BCUT2D eigenvalue weighted by molar-refractivity contribution is 5.75. The Bertz CT molecular complexity index is 558. The largest absolute Gasteiger partial charge is 0.376 e. The minimum atomic E-state index is 0.0584. The molecule has 4 heteroatoms. The molecule has 3 rings (SSSR count). The van der Waals surface area contributed by atoms with Crippen molar-refractivity contribution < 1.29 is 9.53 Å². The van der Waals surface area contributed by atoms with Crippen molar-refractivity contribution >= 4 is 6.03 Å². The van der Waals surface area contributed by atoms with E-state index in [0.717, 1.165) is 32.4 Å². The molecule has 2 saturated heterocycles. The molecule has 0 aromatic heterocycles. The van der Waals surface area contributed by atoms with Crippen LogP contribution in [-0.2, 0) is 4.74 Å². The van der Waals surface area contributed by atoms with Crippen LogP contribution in [0.5, 0.6) is 0 Å². The number of aryl methyl sites for hydroxylation is 2. The normalized spacial score (nSPS) is 28.1. The van der Waals surface area contributed by atoms with E-state index in [0.29, 0.717) is 0 Å². The van der Waals surface area contributed by atoms with Gasteiger partial charge in [0.1, 0.15) is 0 Å². The number of likely N-dealkylation sites (tertiary alicyclic amines) is 1. The summed E-state index contributed by atoms with van der Waals surface area (Å²) in [5.74, 6) is 0. The van der Waals surface area contributed by atoms with Crippen molar-refractivity contribution in [2.75, 3.05) is 13.2 Å². The summed E-state index contributed by atoms with van der Waals surface area (Å²) in [5, 5.41) is 3.16. The number of ether oxygens (including phenoxy) is 1. The zero-order chi connectivity index (χ0) is 15.7. The zero-order valence-electron chi connectivity index (χ0n) is 13.8. The Morgan fingerprint density at radius 3 is 2.77 bits per heavy atom. The van der Waals surface area contributed by atoms with Gasteiger partial charge in [0, 0.05) is 13.2 Å². The maximum Gasteiger partial charge on any atom is 0.318 e. The lowest BCUT2D eigenvalue weighted by atomic mass is 9.99. The standard InChI is InChI=1S/C18H26N2O2/c1-12-6-7-15(11-13(12)2)17-5-4-9-20(17)18(21)19-16-8-10-22-14(16)3/h6-7,11,14,16-17H,4-5,8-10H2,1-3H3,(H,19,21). The number of amides is 2. The summed E-state index contributed by atoms with van der Waals surface area (Å²) in [7, 11) is 0. The smallest absolute Gasteiger partial charge is 0.318 e. The van der Waals surface area contributed by atoms with Crippen LogP contribution in [0.15, 0.2) is 18.2 Å². The van der Waals surface area contributed by atoms with Gasteiger partial charge in [-0.05, 0) is 56.7 Å². The maximum absolute atomic E-state index is 12.6. The number of carbonyl (C=O) groups excluding carboxylic acids is 1. The van der Waals surface area contributed by atoms with Crippen LogP contribution < -0.4 is 5.32 Å². The second-order valence-corrected chi connectivity index (χ2v) is 6.62. The lowest BCUT2D eigenvalue weighted by molar-refractivity contribution is 0.111. The van der Waals surface area contributed by atoms with Gasteiger partial charge in [0.05, 0.1) is 18.2 Å². The van der Waals surface area contributed by atoms with E-state index in [1.807, 2.05) is 11.8 Å². The van der Waals surface area contributed by atoms with Crippen LogP contribution in [-0.4, -0.2) is 36.2 Å². The molecular formula is C18H26N2O2. The van der Waals surface area contributed by atoms with Crippen LogP contribution in [0.3, 0.4) is 0 Å². The van der Waals surface area contributed by atoms with Gasteiger partial charge >= 0.3 is 6.03 Å². The van der Waals surface area contributed by atoms with Gasteiger partial charge in [-0.15, -0.1) is 0 Å². The number of nitrogens with zero attached hydrogens (tertiary/aromatic N) is 1. The molecule has 22 heavy (non-hydrogen) atoms. The molecule has 2 aliphatic rings. The number of carbonyl (C=O) groups is 1. The van der Waals surface area contributed by atoms with E-state index in [-0.39, 0.29) is 24.2 Å². The molecule has 1 aromatic carbocycles. The molecule has 0 spiro atoms. The predicted molar refractivity (Wildman–Crippen MR) is 86.9 cm³/mol. The molecule has 0 radical (unpaired) electrons. The molecule has 0 bridgehead atoms. The first-order valence-electron chi connectivity index (χ1n) is 8.32. The molecule has 4 nitrogen and oxygen atoms in total. The maximum atomic E-state index is 12.6. The van der Waals surface area contributed by atoms with Gasteiger partial charge < -0.3 is 15.0 Å². The van der Waals surface area contributed by atoms with Crippen molar-refractivity contribution in [3.05, 3.63) is 34.9 Å². The van der Waals surface area contributed by atoms with Gasteiger partial charge in [-0.25, -0.2) is 4.79 Å². The van der Waals surface area contributed by atoms with Gasteiger partial charge in [0.15, 0.2) is 0 Å². The van der Waals surface area contributed by atoms with Crippen molar-refractivity contribution in [1.29, 1.82) is 0 Å². The molecule has 2 aliphatic heterocycles. The van der Waals surface area contributed by atoms with E-state index in [1.54, 1.807) is 0 Å². The summed E-state index contributed by atoms with van der Waals surface area (Å²) in [5.41, 5.74) is 3.85. The lowest BCUT2D eigenvalue weighted by Gasteiger charge is -2.28. The summed E-state index contributed by atoms with van der Waals surface area (Å²) < 4.78 is 5.54. The summed E-state index contributed by atoms with van der Waals surface area (Å²) in [6, 6.07) is 6.96. The Morgan fingerprint density at radius 1 is 1.27 bits per heavy atom. The number of rotatable bonds is 2. The van der Waals surface area contributed by atoms with Crippen molar-refractivity contribution in [2.24, 2.45) is 0 Å². The van der Waals surface area contributed by atoms with Crippen molar-refractivity contribution in [3.8, 4) is 0 Å². The van der Waals surface area contributed by atoms with Gasteiger partial charge in [0.2, 0.25) is 0 Å². The Labute approximate surface area is 132 Å². The Balaban J connectivity index is 1.72. The van der Waals surface area contributed by atoms with Gasteiger partial charge in [-0.1, -0.05) is 18.2 Å². The lowest BCUT2D eigenvalue weighted by Crippen LogP contribution is -2.46. The molecule has 2 fully saturated rings. The first kappa shape index (κ1) is 15.3. The van der Waals surface area contributed by atoms with E-state index in [1.165, 1.54) is 16.7 Å². The van der Waals surface area contributed by atoms with E-state index in [2.05, 4.69) is 37.4 Å². The average molecular weight is 302 g/mol. The Hall–Kier alpha value is -1.55. The number of benzene rings is 1. The molecular weight excluding hydrogens is 276 g/mol. The molecule has 1 N–H and O–H groups in total. The van der Waals surface area contributed by atoms with E-state index >= 15 is 0 Å². The predicted octanol–water partition coefficient (Wildman–Crippen LogP) is 3.33. The third kappa shape index (κ3) is 2.98. The molecule has 2 heterocycles. The fourth-order valence-electron chi connectivity index (χ4n) is 3.49. The first-order chi connectivity index (χ1) is 10.6. The third-order valence-corrected chi connectivity index (χ3v) is 5.11. The highest BCUT2D eigenvalue weighted by atomic mass is 16.5. The molecule has 2 amide bonds. The topological polar surface area (TPSA) is 41.6 Å². The highest BCUT2D eigenvalue weighted by Gasteiger charge is 2.33. The van der Waals surface area contributed by atoms with Gasteiger partial charge in [-0.3, -0.25) is 0 Å². The van der Waals surface area contributed by atoms with Crippen LogP contribution in [0.1, 0.15) is 48.9 Å². The molecule has 0 saturated carbocycles. The van der Waals surface area contributed by atoms with Crippen LogP contribution in [0.25, 0.3) is 0 Å². The van der Waals surface area contributed by atoms with Crippen LogP contribution in [0.4, 0.5) is 4.79 Å². The third-order valence-electron chi connectivity index (χ3n) is 5.11. The van der Waals surface area contributed by atoms with Gasteiger partial charge in [-0.2, -0.15) is 0 Å². The zero-order valence-corrected chi connectivity index (χ0v) is 13.8. The number of nitrogens with one attached hydrogen (secondary N) is 1. The van der Waals surface area contributed by atoms with Crippen LogP contribution in [0.2, 0.25) is 0 Å². The van der Waals surface area contributed by atoms with Crippen molar-refractivity contribution in [3.63, 3.8) is 0 Å². The number of urea groups is 1. The van der Waals surface area contributed by atoms with E-state index < -0.39 is 0 Å². The second-order valence-electron chi connectivity index (χ2n) is 6.62.